The van der Waals surface area contributed by atoms with E-state index in [1.54, 1.807) is 12.4 Å². The maximum absolute atomic E-state index is 5.91. The van der Waals surface area contributed by atoms with Gasteiger partial charge in [0.1, 0.15) is 0 Å². The topological polar surface area (TPSA) is 55.1 Å². The summed E-state index contributed by atoms with van der Waals surface area (Å²) in [5.41, 5.74) is 2.89. The Bertz CT molecular complexity index is 875. The number of hydrogen-bond acceptors (Lipinski definition) is 5. The number of pyridine rings is 1. The number of nitrogens with zero attached hydrogens (tertiary/aromatic N) is 4. The van der Waals surface area contributed by atoms with Crippen LogP contribution < -0.4 is 4.90 Å². The van der Waals surface area contributed by atoms with E-state index in [0.717, 1.165) is 18.5 Å². The molecule has 3 aromatic rings. The fraction of sp³-hybridized carbons (Fsp3) is 0.381. The van der Waals surface area contributed by atoms with Crippen LogP contribution in [0.3, 0.4) is 0 Å². The summed E-state index contributed by atoms with van der Waals surface area (Å²) in [5, 5.41) is 8.47. The minimum absolute atomic E-state index is 0.128. The van der Waals surface area contributed by atoms with Gasteiger partial charge in [0, 0.05) is 31.4 Å². The zero-order chi connectivity index (χ0) is 18.2. The Morgan fingerprint density at radius 3 is 2.38 bits per heavy atom. The van der Waals surface area contributed by atoms with Gasteiger partial charge < -0.3 is 9.32 Å². The van der Waals surface area contributed by atoms with Crippen molar-refractivity contribution in [2.45, 2.75) is 32.1 Å². The third-order valence-corrected chi connectivity index (χ3v) is 5.64. The molecule has 1 aromatic carbocycles. The second-order valence-electron chi connectivity index (χ2n) is 7.88. The molecule has 2 aromatic heterocycles. The highest BCUT2D eigenvalue weighted by Crippen LogP contribution is 2.64. The number of aromatic nitrogens is 3. The molecule has 1 fully saturated rings. The van der Waals surface area contributed by atoms with Gasteiger partial charge in [0.2, 0.25) is 5.89 Å². The van der Waals surface area contributed by atoms with Gasteiger partial charge in [-0.2, -0.15) is 0 Å². The second-order valence-corrected chi connectivity index (χ2v) is 7.88. The molecule has 2 heterocycles. The molecule has 1 aliphatic carbocycles. The molecule has 1 saturated carbocycles. The van der Waals surface area contributed by atoms with Crippen molar-refractivity contribution in [3.05, 3.63) is 71.9 Å². The third kappa shape index (κ3) is 2.98. The summed E-state index contributed by atoms with van der Waals surface area (Å²) in [6.07, 6.45) is 5.33. The first-order chi connectivity index (χ1) is 12.5. The highest BCUT2D eigenvalue weighted by atomic mass is 16.4. The zero-order valence-corrected chi connectivity index (χ0v) is 15.5. The van der Waals surface area contributed by atoms with Crippen molar-refractivity contribution in [3.63, 3.8) is 0 Å². The van der Waals surface area contributed by atoms with Crippen molar-refractivity contribution in [1.29, 1.82) is 0 Å². The van der Waals surface area contributed by atoms with Crippen LogP contribution in [0.1, 0.15) is 37.3 Å². The summed E-state index contributed by atoms with van der Waals surface area (Å²) in [6.45, 7) is 5.52. The molecule has 0 spiro atoms. The summed E-state index contributed by atoms with van der Waals surface area (Å²) in [4.78, 5) is 6.12. The van der Waals surface area contributed by atoms with Crippen LogP contribution in [-0.2, 0) is 11.8 Å². The van der Waals surface area contributed by atoms with Crippen molar-refractivity contribution in [2.75, 3.05) is 18.5 Å². The number of anilines is 1. The van der Waals surface area contributed by atoms with Gasteiger partial charge in [0.25, 0.3) is 0 Å². The fourth-order valence-electron chi connectivity index (χ4n) is 3.94. The van der Waals surface area contributed by atoms with Crippen molar-refractivity contribution < 1.29 is 4.42 Å². The van der Waals surface area contributed by atoms with Crippen LogP contribution >= 0.6 is 0 Å². The molecular weight excluding hydrogens is 324 g/mol. The first-order valence-electron chi connectivity index (χ1n) is 8.98. The second kappa shape index (κ2) is 6.24. The van der Waals surface area contributed by atoms with Crippen LogP contribution in [0.25, 0.3) is 0 Å². The van der Waals surface area contributed by atoms with Crippen molar-refractivity contribution in [2.24, 2.45) is 5.41 Å². The first-order valence-corrected chi connectivity index (χ1v) is 8.98. The predicted octanol–water partition coefficient (Wildman–Crippen LogP) is 3.86. The SMILES string of the molecule is CN(CC1(c2ccccc2)CC1(C)C)c1nnc(Cc2ccncc2)o1. The Kier molecular flexibility index (Phi) is 4.02. The summed E-state index contributed by atoms with van der Waals surface area (Å²) >= 11 is 0. The van der Waals surface area contributed by atoms with Gasteiger partial charge in [-0.15, -0.1) is 5.10 Å². The Labute approximate surface area is 154 Å². The minimum Gasteiger partial charge on any atom is -0.408 e. The van der Waals surface area contributed by atoms with E-state index >= 15 is 0 Å². The highest BCUT2D eigenvalue weighted by Gasteiger charge is 2.62. The maximum atomic E-state index is 5.91. The van der Waals surface area contributed by atoms with Crippen LogP contribution in [-0.4, -0.2) is 28.8 Å². The molecule has 26 heavy (non-hydrogen) atoms. The van der Waals surface area contributed by atoms with E-state index in [2.05, 4.69) is 64.3 Å². The van der Waals surface area contributed by atoms with E-state index in [1.165, 1.54) is 5.56 Å². The van der Waals surface area contributed by atoms with Crippen molar-refractivity contribution >= 4 is 6.01 Å². The molecule has 1 atom stereocenters. The van der Waals surface area contributed by atoms with Gasteiger partial charge in [-0.25, -0.2) is 0 Å². The number of rotatable bonds is 6. The summed E-state index contributed by atoms with van der Waals surface area (Å²) in [7, 11) is 2.03. The predicted molar refractivity (Wildman–Crippen MR) is 101 cm³/mol. The standard InChI is InChI=1S/C21H24N4O/c1-20(2)14-21(20,17-7-5-4-6-8-17)15-25(3)19-24-23-18(26-19)13-16-9-11-22-12-10-16/h4-12H,13-15H2,1-3H3. The maximum Gasteiger partial charge on any atom is 0.317 e. The average Bonchev–Trinajstić information content (AvgIpc) is 2.97. The van der Waals surface area contributed by atoms with E-state index < -0.39 is 0 Å². The van der Waals surface area contributed by atoms with Crippen LogP contribution in [0.15, 0.2) is 59.3 Å². The lowest BCUT2D eigenvalue weighted by atomic mass is 9.87. The Hall–Kier alpha value is -2.69. The average molecular weight is 348 g/mol. The lowest BCUT2D eigenvalue weighted by Gasteiger charge is -2.26. The van der Waals surface area contributed by atoms with E-state index in [4.69, 9.17) is 4.42 Å². The van der Waals surface area contributed by atoms with Gasteiger partial charge in [-0.1, -0.05) is 49.3 Å². The molecule has 0 N–H and O–H groups in total. The lowest BCUT2D eigenvalue weighted by Crippen LogP contribution is -2.32. The van der Waals surface area contributed by atoms with E-state index in [9.17, 15) is 0 Å². The normalized spacial score (nSPS) is 20.7. The molecule has 0 bridgehead atoms. The van der Waals surface area contributed by atoms with Gasteiger partial charge in [0.05, 0.1) is 6.42 Å². The van der Waals surface area contributed by atoms with E-state index in [-0.39, 0.29) is 10.8 Å². The van der Waals surface area contributed by atoms with Crippen molar-refractivity contribution in [3.8, 4) is 0 Å². The quantitative estimate of drug-likeness (QED) is 0.677. The molecule has 0 amide bonds. The molecule has 5 heteroatoms. The number of hydrogen-bond donors (Lipinski definition) is 0. The summed E-state index contributed by atoms with van der Waals surface area (Å²) in [5.74, 6) is 0.627. The molecule has 0 radical (unpaired) electrons. The number of benzene rings is 1. The molecule has 4 rings (SSSR count). The molecule has 5 nitrogen and oxygen atoms in total. The molecule has 1 aliphatic rings. The fourth-order valence-corrected chi connectivity index (χ4v) is 3.94. The van der Waals surface area contributed by atoms with Gasteiger partial charge >= 0.3 is 6.01 Å². The zero-order valence-electron chi connectivity index (χ0n) is 15.5. The van der Waals surface area contributed by atoms with Gasteiger partial charge in [-0.05, 0) is 35.1 Å². The van der Waals surface area contributed by atoms with Crippen molar-refractivity contribution in [1.82, 2.24) is 15.2 Å². The largest absolute Gasteiger partial charge is 0.408 e. The summed E-state index contributed by atoms with van der Waals surface area (Å²) < 4.78 is 5.91. The smallest absolute Gasteiger partial charge is 0.317 e. The Morgan fingerprint density at radius 1 is 1.04 bits per heavy atom. The van der Waals surface area contributed by atoms with Gasteiger partial charge in [-0.3, -0.25) is 4.98 Å². The van der Waals surface area contributed by atoms with Crippen LogP contribution in [0, 0.1) is 5.41 Å². The highest BCUT2D eigenvalue weighted by molar-refractivity contribution is 5.41. The first kappa shape index (κ1) is 16.8. The Balaban J connectivity index is 1.51. The number of likely N-dealkylation sites (N-methyl/N-ethyl adjacent to an activating group) is 1. The molecular formula is C21H24N4O. The molecule has 0 aliphatic heterocycles. The lowest BCUT2D eigenvalue weighted by molar-refractivity contribution is 0.460. The molecule has 1 unspecified atom stereocenters. The van der Waals surface area contributed by atoms with Crippen LogP contribution in [0.5, 0.6) is 0 Å². The van der Waals surface area contributed by atoms with E-state index in [1.807, 2.05) is 19.2 Å². The van der Waals surface area contributed by atoms with Crippen LogP contribution in [0.2, 0.25) is 0 Å². The third-order valence-electron chi connectivity index (χ3n) is 5.64. The van der Waals surface area contributed by atoms with Gasteiger partial charge in [0.15, 0.2) is 0 Å². The summed E-state index contributed by atoms with van der Waals surface area (Å²) in [6, 6.07) is 15.3. The van der Waals surface area contributed by atoms with E-state index in [0.29, 0.717) is 18.3 Å². The minimum atomic E-state index is 0.128. The Morgan fingerprint density at radius 2 is 1.73 bits per heavy atom. The molecule has 134 valence electrons. The monoisotopic (exact) mass is 348 g/mol. The van der Waals surface area contributed by atoms with Crippen LogP contribution in [0.4, 0.5) is 6.01 Å². The molecule has 0 saturated heterocycles.